The molecule has 5 heteroatoms. The Morgan fingerprint density at radius 2 is 2.09 bits per heavy atom. The highest BCUT2D eigenvalue weighted by molar-refractivity contribution is 5.52. The molecule has 0 atom stereocenters. The fraction of sp³-hybridized carbons (Fsp3) is 0.412. The van der Waals surface area contributed by atoms with Crippen LogP contribution in [-0.4, -0.2) is 29.7 Å². The van der Waals surface area contributed by atoms with Crippen LogP contribution in [0.3, 0.4) is 0 Å². The number of hydrogen-bond acceptors (Lipinski definition) is 5. The highest BCUT2D eigenvalue weighted by atomic mass is 16.5. The number of anilines is 2. The highest BCUT2D eigenvalue weighted by Gasteiger charge is 2.22. The van der Waals surface area contributed by atoms with E-state index >= 15 is 0 Å². The van der Waals surface area contributed by atoms with Crippen molar-refractivity contribution in [1.82, 2.24) is 9.97 Å². The number of ether oxygens (including phenoxy) is 1. The first-order valence-electron chi connectivity index (χ1n) is 7.81. The number of rotatable bonds is 4. The number of fused-ring (bicyclic) bond motifs is 1. The van der Waals surface area contributed by atoms with Crippen LogP contribution in [0.2, 0.25) is 0 Å². The summed E-state index contributed by atoms with van der Waals surface area (Å²) in [6.45, 7) is 1.86. The van der Waals surface area contributed by atoms with Crippen LogP contribution in [0.1, 0.15) is 24.0 Å². The highest BCUT2D eigenvalue weighted by Crippen LogP contribution is 2.28. The SMILES string of the molecule is COc1ccc2c(c1)CCN(c1cc(NC3CC3)ncn1)C2. The molecule has 114 valence electrons. The van der Waals surface area contributed by atoms with Crippen LogP contribution in [0.25, 0.3) is 0 Å². The molecule has 1 saturated carbocycles. The van der Waals surface area contributed by atoms with Crippen molar-refractivity contribution >= 4 is 11.6 Å². The first kappa shape index (κ1) is 13.4. The molecule has 1 fully saturated rings. The maximum atomic E-state index is 5.31. The van der Waals surface area contributed by atoms with Gasteiger partial charge in [0.25, 0.3) is 0 Å². The molecule has 0 saturated heterocycles. The minimum absolute atomic E-state index is 0.609. The van der Waals surface area contributed by atoms with Crippen molar-refractivity contribution < 1.29 is 4.74 Å². The van der Waals surface area contributed by atoms with Gasteiger partial charge in [0, 0.05) is 25.2 Å². The zero-order chi connectivity index (χ0) is 14.9. The lowest BCUT2D eigenvalue weighted by Gasteiger charge is -2.30. The summed E-state index contributed by atoms with van der Waals surface area (Å²) in [6, 6.07) is 9.00. The van der Waals surface area contributed by atoms with Crippen LogP contribution in [-0.2, 0) is 13.0 Å². The molecule has 0 bridgehead atoms. The third-order valence-electron chi connectivity index (χ3n) is 4.33. The predicted octanol–water partition coefficient (Wildman–Crippen LogP) is 2.62. The third kappa shape index (κ3) is 2.71. The van der Waals surface area contributed by atoms with Crippen molar-refractivity contribution in [2.75, 3.05) is 23.9 Å². The topological polar surface area (TPSA) is 50.3 Å². The Hall–Kier alpha value is -2.30. The van der Waals surface area contributed by atoms with Crippen molar-refractivity contribution in [3.63, 3.8) is 0 Å². The normalized spacial score (nSPS) is 17.0. The van der Waals surface area contributed by atoms with Crippen molar-refractivity contribution in [2.45, 2.75) is 31.8 Å². The molecule has 0 spiro atoms. The Morgan fingerprint density at radius 1 is 1.18 bits per heavy atom. The second-order valence-electron chi connectivity index (χ2n) is 5.99. The molecule has 4 rings (SSSR count). The van der Waals surface area contributed by atoms with Crippen molar-refractivity contribution in [3.05, 3.63) is 41.7 Å². The molecule has 2 heterocycles. The smallest absolute Gasteiger partial charge is 0.134 e. The molecule has 0 amide bonds. The van der Waals surface area contributed by atoms with E-state index in [1.54, 1.807) is 13.4 Å². The molecule has 0 unspecified atom stereocenters. The average Bonchev–Trinajstić information content (AvgIpc) is 3.38. The molecule has 22 heavy (non-hydrogen) atoms. The first-order valence-corrected chi connectivity index (χ1v) is 7.81. The van der Waals surface area contributed by atoms with E-state index in [4.69, 9.17) is 4.74 Å². The Bertz CT molecular complexity index is 684. The van der Waals surface area contributed by atoms with Crippen LogP contribution in [0.4, 0.5) is 11.6 Å². The number of methoxy groups -OCH3 is 1. The van der Waals surface area contributed by atoms with Gasteiger partial charge in [-0.1, -0.05) is 6.07 Å². The summed E-state index contributed by atoms with van der Waals surface area (Å²) in [6.07, 6.45) is 5.17. The molecule has 1 aromatic carbocycles. The van der Waals surface area contributed by atoms with Crippen LogP contribution in [0.15, 0.2) is 30.6 Å². The molecule has 1 aliphatic heterocycles. The number of nitrogens with one attached hydrogen (secondary N) is 1. The Labute approximate surface area is 130 Å². The molecule has 2 aliphatic rings. The summed E-state index contributed by atoms with van der Waals surface area (Å²) in [4.78, 5) is 11.1. The minimum Gasteiger partial charge on any atom is -0.497 e. The van der Waals surface area contributed by atoms with Gasteiger partial charge >= 0.3 is 0 Å². The minimum atomic E-state index is 0.609. The van der Waals surface area contributed by atoms with Crippen molar-refractivity contribution in [1.29, 1.82) is 0 Å². The number of aromatic nitrogens is 2. The van der Waals surface area contributed by atoms with E-state index in [0.29, 0.717) is 6.04 Å². The van der Waals surface area contributed by atoms with E-state index in [1.165, 1.54) is 24.0 Å². The second kappa shape index (κ2) is 5.48. The lowest BCUT2D eigenvalue weighted by molar-refractivity contribution is 0.413. The van der Waals surface area contributed by atoms with Gasteiger partial charge in [0.2, 0.25) is 0 Å². The van der Waals surface area contributed by atoms with Crippen LogP contribution in [0.5, 0.6) is 5.75 Å². The summed E-state index contributed by atoms with van der Waals surface area (Å²) < 4.78 is 5.31. The van der Waals surface area contributed by atoms with Crippen LogP contribution >= 0.6 is 0 Å². The lowest BCUT2D eigenvalue weighted by atomic mass is 9.99. The molecular formula is C17H20N4O. The monoisotopic (exact) mass is 296 g/mol. The largest absolute Gasteiger partial charge is 0.497 e. The standard InChI is InChI=1S/C17H20N4O/c1-22-15-5-2-13-10-21(7-6-12(13)8-15)17-9-16(18-11-19-17)20-14-3-4-14/h2,5,8-9,11,14H,3-4,6-7,10H2,1H3,(H,18,19,20). The average molecular weight is 296 g/mol. The summed E-state index contributed by atoms with van der Waals surface area (Å²) in [5, 5.41) is 3.44. The fourth-order valence-electron chi connectivity index (χ4n) is 2.89. The Balaban J connectivity index is 1.53. The van der Waals surface area contributed by atoms with Crippen LogP contribution in [0, 0.1) is 0 Å². The quantitative estimate of drug-likeness (QED) is 0.940. The maximum Gasteiger partial charge on any atom is 0.134 e. The van der Waals surface area contributed by atoms with Gasteiger partial charge in [0.05, 0.1) is 7.11 Å². The third-order valence-corrected chi connectivity index (χ3v) is 4.33. The Kier molecular flexibility index (Phi) is 3.33. The van der Waals surface area contributed by atoms with Gasteiger partial charge in [-0.25, -0.2) is 9.97 Å². The van der Waals surface area contributed by atoms with Gasteiger partial charge in [0.1, 0.15) is 23.7 Å². The molecule has 1 aromatic heterocycles. The van der Waals surface area contributed by atoms with E-state index in [9.17, 15) is 0 Å². The summed E-state index contributed by atoms with van der Waals surface area (Å²) in [7, 11) is 1.71. The number of hydrogen-bond donors (Lipinski definition) is 1. The van der Waals surface area contributed by atoms with Gasteiger partial charge in [-0.05, 0) is 42.5 Å². The molecule has 5 nitrogen and oxygen atoms in total. The molecule has 1 N–H and O–H groups in total. The van der Waals surface area contributed by atoms with Gasteiger partial charge < -0.3 is 15.0 Å². The maximum absolute atomic E-state index is 5.31. The summed E-state index contributed by atoms with van der Waals surface area (Å²) >= 11 is 0. The van der Waals surface area contributed by atoms with E-state index in [1.807, 2.05) is 6.07 Å². The number of benzene rings is 1. The molecule has 0 radical (unpaired) electrons. The first-order chi connectivity index (χ1) is 10.8. The van der Waals surface area contributed by atoms with Gasteiger partial charge in [-0.2, -0.15) is 0 Å². The Morgan fingerprint density at radius 3 is 2.91 bits per heavy atom. The van der Waals surface area contributed by atoms with Crippen molar-refractivity contribution in [3.8, 4) is 5.75 Å². The van der Waals surface area contributed by atoms with E-state index in [0.717, 1.165) is 36.9 Å². The van der Waals surface area contributed by atoms with Gasteiger partial charge in [0.15, 0.2) is 0 Å². The molecule has 2 aromatic rings. The second-order valence-corrected chi connectivity index (χ2v) is 5.99. The zero-order valence-corrected chi connectivity index (χ0v) is 12.7. The predicted molar refractivity (Wildman–Crippen MR) is 86.4 cm³/mol. The van der Waals surface area contributed by atoms with E-state index in [2.05, 4.69) is 38.4 Å². The van der Waals surface area contributed by atoms with Crippen LogP contribution < -0.4 is 15.0 Å². The van der Waals surface area contributed by atoms with Gasteiger partial charge in [-0.15, -0.1) is 0 Å². The summed E-state index contributed by atoms with van der Waals surface area (Å²) in [5.41, 5.74) is 2.73. The molecule has 1 aliphatic carbocycles. The van der Waals surface area contributed by atoms with E-state index < -0.39 is 0 Å². The molecular weight excluding hydrogens is 276 g/mol. The van der Waals surface area contributed by atoms with Crippen molar-refractivity contribution in [2.24, 2.45) is 0 Å². The summed E-state index contributed by atoms with van der Waals surface area (Å²) in [5.74, 6) is 2.87. The number of nitrogens with zero attached hydrogens (tertiary/aromatic N) is 3. The fourth-order valence-corrected chi connectivity index (χ4v) is 2.89. The van der Waals surface area contributed by atoms with Gasteiger partial charge in [-0.3, -0.25) is 0 Å². The van der Waals surface area contributed by atoms with E-state index in [-0.39, 0.29) is 0 Å². The lowest BCUT2D eigenvalue weighted by Crippen LogP contribution is -2.31. The zero-order valence-electron chi connectivity index (χ0n) is 12.7.